The standard InChI is InChI=1S/C13H17Cl2NO2/c1-2-11-8-18-4-3-16(11)7-9-5-10(14)6-12(15)13(9)17/h5-6,11,17H,2-4,7-8H2,1H3. The van der Waals surface area contributed by atoms with Crippen molar-refractivity contribution in [2.45, 2.75) is 25.9 Å². The number of benzene rings is 1. The molecule has 1 saturated heterocycles. The molecule has 2 rings (SSSR count). The van der Waals surface area contributed by atoms with Gasteiger partial charge in [-0.1, -0.05) is 30.1 Å². The molecule has 0 saturated carbocycles. The van der Waals surface area contributed by atoms with E-state index in [0.29, 0.717) is 22.6 Å². The van der Waals surface area contributed by atoms with Gasteiger partial charge in [-0.3, -0.25) is 4.90 Å². The highest BCUT2D eigenvalue weighted by Crippen LogP contribution is 2.32. The number of ether oxygens (including phenoxy) is 1. The number of morpholine rings is 1. The number of rotatable bonds is 3. The van der Waals surface area contributed by atoms with E-state index in [1.165, 1.54) is 0 Å². The largest absolute Gasteiger partial charge is 0.506 e. The quantitative estimate of drug-likeness (QED) is 0.927. The Balaban J connectivity index is 2.17. The lowest BCUT2D eigenvalue weighted by molar-refractivity contribution is -0.0129. The van der Waals surface area contributed by atoms with Gasteiger partial charge in [0.05, 0.1) is 18.2 Å². The van der Waals surface area contributed by atoms with Gasteiger partial charge >= 0.3 is 0 Å². The number of halogens is 2. The average molecular weight is 290 g/mol. The third-order valence-corrected chi connectivity index (χ3v) is 3.81. The molecular formula is C13H17Cl2NO2. The molecule has 0 amide bonds. The molecule has 0 aromatic heterocycles. The summed E-state index contributed by atoms with van der Waals surface area (Å²) in [5.41, 5.74) is 0.771. The molecule has 1 aromatic carbocycles. The summed E-state index contributed by atoms with van der Waals surface area (Å²) in [5, 5.41) is 10.8. The molecule has 1 N–H and O–H groups in total. The molecule has 100 valence electrons. The van der Waals surface area contributed by atoms with Crippen molar-refractivity contribution < 1.29 is 9.84 Å². The van der Waals surface area contributed by atoms with Crippen LogP contribution < -0.4 is 0 Å². The van der Waals surface area contributed by atoms with Crippen molar-refractivity contribution >= 4 is 23.2 Å². The Bertz CT molecular complexity index is 426. The second kappa shape index (κ2) is 6.11. The molecule has 1 aromatic rings. The first-order valence-corrected chi connectivity index (χ1v) is 6.86. The van der Waals surface area contributed by atoms with Gasteiger partial charge in [-0.25, -0.2) is 0 Å². The predicted molar refractivity (Wildman–Crippen MR) is 73.4 cm³/mol. The molecule has 1 fully saturated rings. The van der Waals surface area contributed by atoms with Gasteiger partial charge < -0.3 is 9.84 Å². The Hall–Kier alpha value is -0.480. The van der Waals surface area contributed by atoms with Crippen LogP contribution in [0.25, 0.3) is 0 Å². The van der Waals surface area contributed by atoms with Crippen LogP contribution in [0, 0.1) is 0 Å². The van der Waals surface area contributed by atoms with Crippen molar-refractivity contribution in [2.24, 2.45) is 0 Å². The molecule has 0 radical (unpaired) electrons. The van der Waals surface area contributed by atoms with Gasteiger partial charge in [-0.15, -0.1) is 0 Å². The number of hydrogen-bond donors (Lipinski definition) is 1. The minimum Gasteiger partial charge on any atom is -0.506 e. The van der Waals surface area contributed by atoms with Crippen LogP contribution in [0.2, 0.25) is 10.0 Å². The van der Waals surface area contributed by atoms with Crippen LogP contribution in [0.3, 0.4) is 0 Å². The smallest absolute Gasteiger partial charge is 0.138 e. The maximum Gasteiger partial charge on any atom is 0.138 e. The zero-order chi connectivity index (χ0) is 13.1. The summed E-state index contributed by atoms with van der Waals surface area (Å²) in [6.45, 7) is 5.12. The van der Waals surface area contributed by atoms with Crippen molar-refractivity contribution in [3.63, 3.8) is 0 Å². The lowest BCUT2D eigenvalue weighted by atomic mass is 10.1. The summed E-state index contributed by atoms with van der Waals surface area (Å²) in [4.78, 5) is 2.30. The molecule has 1 atom stereocenters. The SMILES string of the molecule is CCC1COCCN1Cc1cc(Cl)cc(Cl)c1O. The lowest BCUT2D eigenvalue weighted by Crippen LogP contribution is -2.44. The van der Waals surface area contributed by atoms with Gasteiger partial charge in [0.15, 0.2) is 0 Å². The summed E-state index contributed by atoms with van der Waals surface area (Å²) in [6, 6.07) is 3.71. The highest BCUT2D eigenvalue weighted by molar-refractivity contribution is 6.35. The molecule has 0 spiro atoms. The molecule has 1 unspecified atom stereocenters. The van der Waals surface area contributed by atoms with Crippen LogP contribution in [0.1, 0.15) is 18.9 Å². The summed E-state index contributed by atoms with van der Waals surface area (Å²) >= 11 is 11.9. The fourth-order valence-corrected chi connectivity index (χ4v) is 2.77. The molecule has 1 aliphatic rings. The summed E-state index contributed by atoms with van der Waals surface area (Å²) < 4.78 is 5.46. The first-order valence-electron chi connectivity index (χ1n) is 6.10. The second-order valence-electron chi connectivity index (χ2n) is 4.50. The minimum atomic E-state index is 0.127. The Labute approximate surface area is 117 Å². The Morgan fingerprint density at radius 1 is 1.44 bits per heavy atom. The van der Waals surface area contributed by atoms with Gasteiger partial charge in [0.25, 0.3) is 0 Å². The zero-order valence-electron chi connectivity index (χ0n) is 10.3. The van der Waals surface area contributed by atoms with Crippen molar-refractivity contribution in [3.8, 4) is 5.75 Å². The fraction of sp³-hybridized carbons (Fsp3) is 0.538. The first kappa shape index (κ1) is 13.9. The molecule has 18 heavy (non-hydrogen) atoms. The van der Waals surface area contributed by atoms with Gasteiger partial charge in [-0.2, -0.15) is 0 Å². The molecular weight excluding hydrogens is 273 g/mol. The van der Waals surface area contributed by atoms with E-state index in [0.717, 1.165) is 31.7 Å². The van der Waals surface area contributed by atoms with E-state index in [9.17, 15) is 5.11 Å². The maximum absolute atomic E-state index is 9.96. The van der Waals surface area contributed by atoms with E-state index in [2.05, 4.69) is 11.8 Å². The van der Waals surface area contributed by atoms with Crippen molar-refractivity contribution in [2.75, 3.05) is 19.8 Å². The highest BCUT2D eigenvalue weighted by Gasteiger charge is 2.22. The van der Waals surface area contributed by atoms with Crippen LogP contribution in [-0.2, 0) is 11.3 Å². The van der Waals surface area contributed by atoms with Crippen molar-refractivity contribution in [3.05, 3.63) is 27.7 Å². The van der Waals surface area contributed by atoms with Crippen LogP contribution in [0.15, 0.2) is 12.1 Å². The molecule has 0 bridgehead atoms. The molecule has 5 heteroatoms. The number of hydrogen-bond acceptors (Lipinski definition) is 3. The van der Waals surface area contributed by atoms with Crippen molar-refractivity contribution in [1.29, 1.82) is 0 Å². The number of phenols is 1. The van der Waals surface area contributed by atoms with E-state index >= 15 is 0 Å². The van der Waals surface area contributed by atoms with E-state index < -0.39 is 0 Å². The third kappa shape index (κ3) is 3.09. The van der Waals surface area contributed by atoms with Crippen LogP contribution in [0.4, 0.5) is 0 Å². The van der Waals surface area contributed by atoms with E-state index in [1.54, 1.807) is 12.1 Å². The Morgan fingerprint density at radius 3 is 2.94 bits per heavy atom. The number of aromatic hydroxyl groups is 1. The Kier molecular flexibility index (Phi) is 4.73. The molecule has 3 nitrogen and oxygen atoms in total. The number of phenolic OH excluding ortho intramolecular Hbond substituents is 1. The lowest BCUT2D eigenvalue weighted by Gasteiger charge is -2.35. The van der Waals surface area contributed by atoms with Crippen LogP contribution >= 0.6 is 23.2 Å². The van der Waals surface area contributed by atoms with Crippen LogP contribution in [0.5, 0.6) is 5.75 Å². The van der Waals surface area contributed by atoms with Gasteiger partial charge in [0.1, 0.15) is 5.75 Å². The Morgan fingerprint density at radius 2 is 2.22 bits per heavy atom. The summed E-state index contributed by atoms with van der Waals surface area (Å²) in [6.07, 6.45) is 1.02. The van der Waals surface area contributed by atoms with Crippen LogP contribution in [-0.4, -0.2) is 35.8 Å². The van der Waals surface area contributed by atoms with E-state index in [1.807, 2.05) is 0 Å². The molecule has 1 heterocycles. The molecule has 1 aliphatic heterocycles. The van der Waals surface area contributed by atoms with Gasteiger partial charge in [0.2, 0.25) is 0 Å². The van der Waals surface area contributed by atoms with Gasteiger partial charge in [-0.05, 0) is 18.6 Å². The zero-order valence-corrected chi connectivity index (χ0v) is 11.8. The fourth-order valence-electron chi connectivity index (χ4n) is 2.23. The minimum absolute atomic E-state index is 0.127. The monoisotopic (exact) mass is 289 g/mol. The third-order valence-electron chi connectivity index (χ3n) is 3.30. The average Bonchev–Trinajstić information content (AvgIpc) is 2.36. The highest BCUT2D eigenvalue weighted by atomic mass is 35.5. The van der Waals surface area contributed by atoms with Crippen molar-refractivity contribution in [1.82, 2.24) is 4.90 Å². The first-order chi connectivity index (χ1) is 8.61. The predicted octanol–water partition coefficient (Wildman–Crippen LogP) is 3.31. The van der Waals surface area contributed by atoms with E-state index in [-0.39, 0.29) is 5.75 Å². The second-order valence-corrected chi connectivity index (χ2v) is 5.35. The number of nitrogens with zero attached hydrogens (tertiary/aromatic N) is 1. The molecule has 0 aliphatic carbocycles. The summed E-state index contributed by atoms with van der Waals surface area (Å²) in [5.74, 6) is 0.127. The van der Waals surface area contributed by atoms with Gasteiger partial charge in [0, 0.05) is 29.7 Å². The summed E-state index contributed by atoms with van der Waals surface area (Å²) in [7, 11) is 0. The topological polar surface area (TPSA) is 32.7 Å². The normalized spacial score (nSPS) is 21.2. The maximum atomic E-state index is 9.96. The van der Waals surface area contributed by atoms with E-state index in [4.69, 9.17) is 27.9 Å².